The number of nitrogens with one attached hydrogen (secondary N) is 2. The standard InChI is InChI=1S/C19H17ClN4O3S/c1-28(25,26)24-14-2-3-15(17(20)9-14)12-8-13(11-21-10-12)16-4-5-23-19-18(16)22-6-7-27-19/h2-5,8-11,22,24H,6-7H2,1H3. The zero-order chi connectivity index (χ0) is 19.7. The van der Waals surface area contributed by atoms with E-state index in [1.165, 1.54) is 0 Å². The summed E-state index contributed by atoms with van der Waals surface area (Å²) in [4.78, 5) is 8.61. The van der Waals surface area contributed by atoms with Crippen molar-refractivity contribution in [2.75, 3.05) is 29.4 Å². The Morgan fingerprint density at radius 2 is 1.93 bits per heavy atom. The normalized spacial score (nSPS) is 13.2. The van der Waals surface area contributed by atoms with Gasteiger partial charge in [0.25, 0.3) is 0 Å². The number of rotatable bonds is 4. The molecule has 7 nitrogen and oxygen atoms in total. The van der Waals surface area contributed by atoms with Gasteiger partial charge in [0.15, 0.2) is 0 Å². The minimum Gasteiger partial charge on any atom is -0.474 e. The SMILES string of the molecule is CS(=O)(=O)Nc1ccc(-c2cncc(-c3ccnc4c3NCCO4)c2)c(Cl)c1. The number of fused-ring (bicyclic) bond motifs is 1. The molecule has 1 aliphatic rings. The first kappa shape index (κ1) is 18.5. The molecule has 2 N–H and O–H groups in total. The fraction of sp³-hybridized carbons (Fsp3) is 0.158. The predicted molar refractivity (Wildman–Crippen MR) is 110 cm³/mol. The largest absolute Gasteiger partial charge is 0.474 e. The molecule has 2 aromatic heterocycles. The quantitative estimate of drug-likeness (QED) is 0.674. The number of nitrogens with zero attached hydrogens (tertiary/aromatic N) is 2. The number of hydrogen-bond donors (Lipinski definition) is 2. The number of ether oxygens (including phenoxy) is 1. The van der Waals surface area contributed by atoms with Crippen LogP contribution in [-0.4, -0.2) is 37.8 Å². The van der Waals surface area contributed by atoms with E-state index in [9.17, 15) is 8.42 Å². The molecular formula is C19H17ClN4O3S. The average Bonchev–Trinajstić information content (AvgIpc) is 2.66. The number of sulfonamides is 1. The van der Waals surface area contributed by atoms with E-state index in [-0.39, 0.29) is 0 Å². The van der Waals surface area contributed by atoms with Gasteiger partial charge in [-0.15, -0.1) is 0 Å². The molecule has 28 heavy (non-hydrogen) atoms. The van der Waals surface area contributed by atoms with E-state index >= 15 is 0 Å². The minimum atomic E-state index is -3.37. The van der Waals surface area contributed by atoms with Crippen molar-refractivity contribution in [3.63, 3.8) is 0 Å². The summed E-state index contributed by atoms with van der Waals surface area (Å²) in [6.45, 7) is 1.28. The van der Waals surface area contributed by atoms with Crippen LogP contribution in [0.5, 0.6) is 5.88 Å². The topological polar surface area (TPSA) is 93.2 Å². The van der Waals surface area contributed by atoms with Gasteiger partial charge < -0.3 is 10.1 Å². The van der Waals surface area contributed by atoms with E-state index < -0.39 is 10.0 Å². The van der Waals surface area contributed by atoms with E-state index in [4.69, 9.17) is 16.3 Å². The maximum Gasteiger partial charge on any atom is 0.238 e. The Hall–Kier alpha value is -2.84. The molecule has 3 aromatic rings. The third-order valence-corrected chi connectivity index (χ3v) is 5.11. The maximum absolute atomic E-state index is 11.4. The van der Waals surface area contributed by atoms with Crippen LogP contribution >= 0.6 is 11.6 Å². The lowest BCUT2D eigenvalue weighted by Crippen LogP contribution is -2.19. The molecule has 0 fully saturated rings. The van der Waals surface area contributed by atoms with Gasteiger partial charge in [-0.3, -0.25) is 9.71 Å². The summed E-state index contributed by atoms with van der Waals surface area (Å²) in [5.74, 6) is 0.573. The van der Waals surface area contributed by atoms with Gasteiger partial charge in [0.05, 0.1) is 11.3 Å². The molecule has 1 aliphatic heterocycles. The van der Waals surface area contributed by atoms with Crippen molar-refractivity contribution < 1.29 is 13.2 Å². The third-order valence-electron chi connectivity index (χ3n) is 4.19. The van der Waals surface area contributed by atoms with Crippen LogP contribution in [0.1, 0.15) is 0 Å². The Balaban J connectivity index is 1.72. The molecule has 4 rings (SSSR count). The van der Waals surface area contributed by atoms with Gasteiger partial charge in [0, 0.05) is 53.1 Å². The fourth-order valence-corrected chi connectivity index (χ4v) is 3.89. The number of aromatic nitrogens is 2. The zero-order valence-electron chi connectivity index (χ0n) is 14.9. The Bertz CT molecular complexity index is 1150. The van der Waals surface area contributed by atoms with Crippen LogP contribution in [0.25, 0.3) is 22.3 Å². The van der Waals surface area contributed by atoms with Gasteiger partial charge in [-0.1, -0.05) is 17.7 Å². The van der Waals surface area contributed by atoms with Crippen LogP contribution in [0.3, 0.4) is 0 Å². The first-order valence-electron chi connectivity index (χ1n) is 8.49. The van der Waals surface area contributed by atoms with Gasteiger partial charge in [0.2, 0.25) is 15.9 Å². The maximum atomic E-state index is 11.4. The van der Waals surface area contributed by atoms with Crippen molar-refractivity contribution in [1.82, 2.24) is 9.97 Å². The monoisotopic (exact) mass is 416 g/mol. The molecule has 144 valence electrons. The summed E-state index contributed by atoms with van der Waals surface area (Å²) >= 11 is 6.40. The van der Waals surface area contributed by atoms with Crippen molar-refractivity contribution in [3.05, 3.63) is 53.9 Å². The highest BCUT2D eigenvalue weighted by Crippen LogP contribution is 2.38. The highest BCUT2D eigenvalue weighted by atomic mass is 35.5. The lowest BCUT2D eigenvalue weighted by molar-refractivity contribution is 0.310. The first-order valence-corrected chi connectivity index (χ1v) is 10.8. The number of anilines is 2. The van der Waals surface area contributed by atoms with E-state index in [2.05, 4.69) is 20.0 Å². The van der Waals surface area contributed by atoms with Gasteiger partial charge in [0.1, 0.15) is 12.3 Å². The van der Waals surface area contributed by atoms with Crippen LogP contribution in [0.2, 0.25) is 5.02 Å². The second kappa shape index (κ2) is 7.29. The molecule has 3 heterocycles. The Labute approximate surface area is 167 Å². The van der Waals surface area contributed by atoms with Crippen LogP contribution in [0, 0.1) is 0 Å². The minimum absolute atomic E-state index is 0.407. The summed E-state index contributed by atoms with van der Waals surface area (Å²) in [7, 11) is -3.37. The molecule has 0 amide bonds. The van der Waals surface area contributed by atoms with Gasteiger partial charge in [-0.2, -0.15) is 0 Å². The Morgan fingerprint density at radius 1 is 1.14 bits per heavy atom. The molecule has 9 heteroatoms. The summed E-state index contributed by atoms with van der Waals surface area (Å²) in [5.41, 5.74) is 4.64. The summed E-state index contributed by atoms with van der Waals surface area (Å²) in [6.07, 6.45) is 6.27. The van der Waals surface area contributed by atoms with Crippen LogP contribution < -0.4 is 14.8 Å². The van der Waals surface area contributed by atoms with Crippen molar-refractivity contribution >= 4 is 33.0 Å². The van der Waals surface area contributed by atoms with Crippen LogP contribution in [0.15, 0.2) is 48.9 Å². The molecule has 0 radical (unpaired) electrons. The van der Waals surface area contributed by atoms with Crippen molar-refractivity contribution in [3.8, 4) is 28.1 Å². The smallest absolute Gasteiger partial charge is 0.238 e. The molecule has 0 saturated heterocycles. The van der Waals surface area contributed by atoms with Crippen molar-refractivity contribution in [2.45, 2.75) is 0 Å². The molecule has 0 bridgehead atoms. The zero-order valence-corrected chi connectivity index (χ0v) is 16.5. The second-order valence-electron chi connectivity index (χ2n) is 6.35. The van der Waals surface area contributed by atoms with E-state index in [0.29, 0.717) is 29.7 Å². The molecular weight excluding hydrogens is 400 g/mol. The summed E-state index contributed by atoms with van der Waals surface area (Å²) < 4.78 is 30.8. The molecule has 0 unspecified atom stereocenters. The highest BCUT2D eigenvalue weighted by molar-refractivity contribution is 7.92. The first-order chi connectivity index (χ1) is 13.4. The molecule has 1 aromatic carbocycles. The fourth-order valence-electron chi connectivity index (χ4n) is 3.05. The lowest BCUT2D eigenvalue weighted by Gasteiger charge is -2.20. The van der Waals surface area contributed by atoms with E-state index in [1.807, 2.05) is 12.1 Å². The average molecular weight is 417 g/mol. The molecule has 0 atom stereocenters. The number of halogens is 1. The van der Waals surface area contributed by atoms with Crippen LogP contribution in [0.4, 0.5) is 11.4 Å². The van der Waals surface area contributed by atoms with Gasteiger partial charge in [-0.05, 0) is 24.3 Å². The van der Waals surface area contributed by atoms with Crippen LogP contribution in [-0.2, 0) is 10.0 Å². The number of hydrogen-bond acceptors (Lipinski definition) is 6. The van der Waals surface area contributed by atoms with Crippen molar-refractivity contribution in [2.24, 2.45) is 0 Å². The molecule has 0 spiro atoms. The summed E-state index contributed by atoms with van der Waals surface area (Å²) in [6, 6.07) is 8.89. The molecule has 0 aliphatic carbocycles. The summed E-state index contributed by atoms with van der Waals surface area (Å²) in [5, 5.41) is 3.75. The van der Waals surface area contributed by atoms with E-state index in [0.717, 1.165) is 34.2 Å². The third kappa shape index (κ3) is 3.88. The second-order valence-corrected chi connectivity index (χ2v) is 8.50. The lowest BCUT2D eigenvalue weighted by atomic mass is 10.0. The molecule has 0 saturated carbocycles. The van der Waals surface area contributed by atoms with E-state index in [1.54, 1.807) is 36.8 Å². The van der Waals surface area contributed by atoms with Gasteiger partial charge in [-0.25, -0.2) is 13.4 Å². The Kier molecular flexibility index (Phi) is 4.82. The number of benzene rings is 1. The van der Waals surface area contributed by atoms with Gasteiger partial charge >= 0.3 is 0 Å². The highest BCUT2D eigenvalue weighted by Gasteiger charge is 2.17. The number of pyridine rings is 2. The van der Waals surface area contributed by atoms with Crippen molar-refractivity contribution in [1.29, 1.82) is 0 Å². The predicted octanol–water partition coefficient (Wildman–Crippen LogP) is 3.64. The Morgan fingerprint density at radius 3 is 2.68 bits per heavy atom.